The minimum Gasteiger partial charge on any atom is -0.487 e. The molecule has 3 aromatic rings. The number of ether oxygens (including phenoxy) is 1. The van der Waals surface area contributed by atoms with Crippen LogP contribution in [-0.4, -0.2) is 5.78 Å². The van der Waals surface area contributed by atoms with Crippen LogP contribution in [0.25, 0.3) is 0 Å². The number of nitrogens with two attached hydrogens (primary N) is 1. The summed E-state index contributed by atoms with van der Waals surface area (Å²) >= 11 is 9.79. The van der Waals surface area contributed by atoms with Crippen LogP contribution in [0.2, 0.25) is 5.02 Å². The van der Waals surface area contributed by atoms with Gasteiger partial charge in [0.2, 0.25) is 0 Å². The zero-order chi connectivity index (χ0) is 27.0. The molecule has 1 aliphatic heterocycles. The van der Waals surface area contributed by atoms with Gasteiger partial charge < -0.3 is 10.5 Å². The van der Waals surface area contributed by atoms with E-state index in [-0.39, 0.29) is 5.78 Å². The van der Waals surface area contributed by atoms with Gasteiger partial charge in [0.15, 0.2) is 5.78 Å². The number of anilines is 1. The summed E-state index contributed by atoms with van der Waals surface area (Å²) in [5.74, 6) is 0.499. The molecule has 2 N–H and O–H groups in total. The zero-order valence-electron chi connectivity index (χ0n) is 21.2. The third kappa shape index (κ3) is 4.73. The quantitative estimate of drug-likeness (QED) is 0.332. The number of nitrogens with zero attached hydrogens (tertiary/aromatic N) is 2. The average Bonchev–Trinajstić information content (AvgIpc) is 2.90. The molecule has 7 heteroatoms. The SMILES string of the molecule is Cc1cc(COc2ccccc2Cl)c(C)c(C2C(C#N)=C(N)N(c3ccc(Br)cc3)C3=C2C(=O)CCC3)c1. The largest absolute Gasteiger partial charge is 0.487 e. The Bertz CT molecular complexity index is 1540. The van der Waals surface area contributed by atoms with Crippen LogP contribution in [-0.2, 0) is 11.4 Å². The van der Waals surface area contributed by atoms with Crippen molar-refractivity contribution in [2.45, 2.75) is 45.6 Å². The van der Waals surface area contributed by atoms with Gasteiger partial charge in [0.05, 0.1) is 22.6 Å². The van der Waals surface area contributed by atoms with E-state index < -0.39 is 5.92 Å². The van der Waals surface area contributed by atoms with Crippen molar-refractivity contribution in [3.05, 3.63) is 115 Å². The van der Waals surface area contributed by atoms with Crippen molar-refractivity contribution in [3.63, 3.8) is 0 Å². The second-order valence-electron chi connectivity index (χ2n) is 9.65. The Morgan fingerprint density at radius 2 is 1.87 bits per heavy atom. The Balaban J connectivity index is 1.64. The molecule has 5 rings (SSSR count). The molecular weight excluding hydrogens is 562 g/mol. The normalized spacial score (nSPS) is 17.4. The topological polar surface area (TPSA) is 79.3 Å². The number of para-hydroxylation sites is 1. The van der Waals surface area contributed by atoms with Crippen molar-refractivity contribution in [1.82, 2.24) is 0 Å². The molecule has 0 saturated carbocycles. The number of benzene rings is 3. The molecule has 3 aromatic carbocycles. The van der Waals surface area contributed by atoms with Gasteiger partial charge in [0, 0.05) is 27.9 Å². The van der Waals surface area contributed by atoms with Gasteiger partial charge >= 0.3 is 0 Å². The molecule has 5 nitrogen and oxygen atoms in total. The first-order valence-corrected chi connectivity index (χ1v) is 13.7. The van der Waals surface area contributed by atoms with E-state index in [9.17, 15) is 10.1 Å². The lowest BCUT2D eigenvalue weighted by atomic mass is 9.73. The number of Topliss-reactive ketones (excluding diaryl/α,β-unsaturated/α-hetero) is 1. The highest BCUT2D eigenvalue weighted by atomic mass is 79.9. The number of hydrogen-bond donors (Lipinski definition) is 1. The number of carbonyl (C=O) groups excluding carboxylic acids is 1. The van der Waals surface area contributed by atoms with Crippen LogP contribution in [0.5, 0.6) is 5.75 Å². The highest BCUT2D eigenvalue weighted by molar-refractivity contribution is 9.10. The molecule has 38 heavy (non-hydrogen) atoms. The van der Waals surface area contributed by atoms with Crippen LogP contribution < -0.4 is 15.4 Å². The minimum atomic E-state index is -0.534. The summed E-state index contributed by atoms with van der Waals surface area (Å²) in [5.41, 5.74) is 13.4. The number of ketones is 1. The third-order valence-corrected chi connectivity index (χ3v) is 8.07. The molecule has 192 valence electrons. The molecule has 0 amide bonds. The minimum absolute atomic E-state index is 0.0633. The fourth-order valence-electron chi connectivity index (χ4n) is 5.41. The Morgan fingerprint density at radius 3 is 2.58 bits per heavy atom. The molecule has 0 bridgehead atoms. The standard InChI is InChI=1S/C31H27BrClN3O2/c1-18-14-20(17-38-28-9-4-3-6-25(28)33)19(2)23(15-18)29-24(16-34)31(35)36(22-12-10-21(32)11-13-22)26-7-5-8-27(37)30(26)29/h3-4,6,9-15,29H,5,7-8,17,35H2,1-2H3. The second-order valence-corrected chi connectivity index (χ2v) is 11.0. The summed E-state index contributed by atoms with van der Waals surface area (Å²) < 4.78 is 7.00. The fraction of sp³-hybridized carbons (Fsp3) is 0.226. The molecule has 0 radical (unpaired) electrons. The molecule has 0 aromatic heterocycles. The molecule has 1 atom stereocenters. The molecule has 2 aliphatic rings. The van der Waals surface area contributed by atoms with Crippen molar-refractivity contribution in [2.24, 2.45) is 5.73 Å². The van der Waals surface area contributed by atoms with Crippen LogP contribution >= 0.6 is 27.5 Å². The van der Waals surface area contributed by atoms with Crippen LogP contribution in [0.4, 0.5) is 5.69 Å². The van der Waals surface area contributed by atoms with Gasteiger partial charge in [0.25, 0.3) is 0 Å². The monoisotopic (exact) mass is 587 g/mol. The molecular formula is C31H27BrClN3O2. The van der Waals surface area contributed by atoms with Gasteiger partial charge in [-0.25, -0.2) is 0 Å². The predicted octanol–water partition coefficient (Wildman–Crippen LogP) is 7.60. The summed E-state index contributed by atoms with van der Waals surface area (Å²) in [5, 5.41) is 10.9. The third-order valence-electron chi connectivity index (χ3n) is 7.23. The maximum Gasteiger partial charge on any atom is 0.161 e. The summed E-state index contributed by atoms with van der Waals surface area (Å²) in [6.45, 7) is 4.33. The predicted molar refractivity (Wildman–Crippen MR) is 154 cm³/mol. The molecule has 1 aliphatic carbocycles. The van der Waals surface area contributed by atoms with Gasteiger partial charge in [-0.05, 0) is 79.8 Å². The van der Waals surface area contributed by atoms with Crippen LogP contribution in [0.3, 0.4) is 0 Å². The first-order valence-electron chi connectivity index (χ1n) is 12.5. The zero-order valence-corrected chi connectivity index (χ0v) is 23.6. The van der Waals surface area contributed by atoms with Crippen molar-refractivity contribution < 1.29 is 9.53 Å². The van der Waals surface area contributed by atoms with E-state index in [1.165, 1.54) is 0 Å². The highest BCUT2D eigenvalue weighted by Crippen LogP contribution is 2.47. The first kappa shape index (κ1) is 26.1. The van der Waals surface area contributed by atoms with Crippen LogP contribution in [0.1, 0.15) is 47.4 Å². The lowest BCUT2D eigenvalue weighted by Gasteiger charge is -2.40. The van der Waals surface area contributed by atoms with Gasteiger partial charge in [-0.3, -0.25) is 9.69 Å². The summed E-state index contributed by atoms with van der Waals surface area (Å²) in [6.07, 6.45) is 1.91. The maximum absolute atomic E-state index is 13.5. The van der Waals surface area contributed by atoms with Crippen molar-refractivity contribution >= 4 is 39.0 Å². The Labute approximate surface area is 236 Å². The number of carbonyl (C=O) groups is 1. The lowest BCUT2D eigenvalue weighted by Crippen LogP contribution is -2.39. The van der Waals surface area contributed by atoms with E-state index in [0.717, 1.165) is 44.5 Å². The Hall–Kier alpha value is -3.53. The molecule has 1 heterocycles. The van der Waals surface area contributed by atoms with Crippen LogP contribution in [0.15, 0.2) is 87.8 Å². The number of aryl methyl sites for hydroxylation is 1. The van der Waals surface area contributed by atoms with Gasteiger partial charge in [-0.1, -0.05) is 57.4 Å². The second kappa shape index (κ2) is 10.7. The van der Waals surface area contributed by atoms with Gasteiger partial charge in [-0.2, -0.15) is 5.26 Å². The van der Waals surface area contributed by atoms with E-state index in [1.807, 2.05) is 61.2 Å². The molecule has 0 saturated heterocycles. The van der Waals surface area contributed by atoms with E-state index in [0.29, 0.717) is 47.2 Å². The Kier molecular flexibility index (Phi) is 7.34. The maximum atomic E-state index is 13.5. The summed E-state index contributed by atoms with van der Waals surface area (Å²) in [4.78, 5) is 15.4. The van der Waals surface area contributed by atoms with Crippen LogP contribution in [0, 0.1) is 25.2 Å². The van der Waals surface area contributed by atoms with E-state index in [4.69, 9.17) is 22.1 Å². The molecule has 1 unspecified atom stereocenters. The first-order chi connectivity index (χ1) is 18.3. The molecule has 0 spiro atoms. The highest BCUT2D eigenvalue weighted by Gasteiger charge is 2.41. The van der Waals surface area contributed by atoms with Crippen molar-refractivity contribution in [1.29, 1.82) is 5.26 Å². The number of halogens is 2. The summed E-state index contributed by atoms with van der Waals surface area (Å²) in [6, 6.07) is 21.6. The lowest BCUT2D eigenvalue weighted by molar-refractivity contribution is -0.116. The number of hydrogen-bond acceptors (Lipinski definition) is 5. The van der Waals surface area contributed by atoms with Crippen molar-refractivity contribution in [2.75, 3.05) is 4.90 Å². The van der Waals surface area contributed by atoms with Crippen molar-refractivity contribution in [3.8, 4) is 11.8 Å². The molecule has 0 fully saturated rings. The average molecular weight is 589 g/mol. The number of allylic oxidation sites excluding steroid dienone is 3. The Morgan fingerprint density at radius 1 is 1.13 bits per heavy atom. The van der Waals surface area contributed by atoms with E-state index in [1.54, 1.807) is 6.07 Å². The van der Waals surface area contributed by atoms with Gasteiger partial charge in [0.1, 0.15) is 18.2 Å². The van der Waals surface area contributed by atoms with E-state index >= 15 is 0 Å². The number of rotatable bonds is 5. The van der Waals surface area contributed by atoms with E-state index in [2.05, 4.69) is 34.1 Å². The smallest absolute Gasteiger partial charge is 0.161 e. The van der Waals surface area contributed by atoms with Gasteiger partial charge in [-0.15, -0.1) is 0 Å². The number of nitriles is 1. The fourth-order valence-corrected chi connectivity index (χ4v) is 5.87. The summed E-state index contributed by atoms with van der Waals surface area (Å²) in [7, 11) is 0.